The normalized spacial score (nSPS) is 10.1. The molecule has 0 aromatic heterocycles. The van der Waals surface area contributed by atoms with Gasteiger partial charge in [-0.2, -0.15) is 0 Å². The molecule has 0 bridgehead atoms. The Kier molecular flexibility index (Phi) is 3.28. The van der Waals surface area contributed by atoms with E-state index in [0.717, 1.165) is 5.56 Å². The maximum absolute atomic E-state index is 10.2. The lowest BCUT2D eigenvalue weighted by atomic mass is 10.0. The highest BCUT2D eigenvalue weighted by molar-refractivity contribution is 5.81. The van der Waals surface area contributed by atoms with E-state index in [1.165, 1.54) is 14.2 Å². The molecule has 0 aliphatic rings. The van der Waals surface area contributed by atoms with Gasteiger partial charge in [0.1, 0.15) is 0 Å². The van der Waals surface area contributed by atoms with Crippen LogP contribution in [0.25, 0.3) is 11.1 Å². The number of benzene rings is 2. The van der Waals surface area contributed by atoms with Crippen LogP contribution in [0.1, 0.15) is 0 Å². The Morgan fingerprint density at radius 2 is 1.61 bits per heavy atom. The molecule has 18 heavy (non-hydrogen) atoms. The Bertz CT molecular complexity index is 553. The molecule has 0 amide bonds. The van der Waals surface area contributed by atoms with Gasteiger partial charge in [0.2, 0.25) is 5.75 Å². The summed E-state index contributed by atoms with van der Waals surface area (Å²) in [4.78, 5) is 0. The summed E-state index contributed by atoms with van der Waals surface area (Å²) in [5.74, 6) is 0.612. The zero-order valence-electron chi connectivity index (χ0n) is 10.3. The molecule has 2 aromatic carbocycles. The lowest BCUT2D eigenvalue weighted by molar-refractivity contribution is 0.335. The van der Waals surface area contributed by atoms with Crippen molar-refractivity contribution in [2.24, 2.45) is 0 Å². The van der Waals surface area contributed by atoms with Gasteiger partial charge in [-0.25, -0.2) is 0 Å². The van der Waals surface area contributed by atoms with Crippen LogP contribution in [0.4, 0.5) is 5.69 Å². The molecule has 0 radical (unpaired) electrons. The Labute approximate surface area is 106 Å². The predicted molar refractivity (Wildman–Crippen MR) is 71.1 cm³/mol. The third-order valence-electron chi connectivity index (χ3n) is 2.73. The minimum atomic E-state index is 0.0229. The van der Waals surface area contributed by atoms with Crippen molar-refractivity contribution in [3.8, 4) is 28.4 Å². The summed E-state index contributed by atoms with van der Waals surface area (Å²) >= 11 is 0. The van der Waals surface area contributed by atoms with Crippen molar-refractivity contribution in [3.05, 3.63) is 36.4 Å². The molecule has 0 aliphatic carbocycles. The molecule has 0 unspecified atom stereocenters. The van der Waals surface area contributed by atoms with Gasteiger partial charge in [-0.05, 0) is 11.6 Å². The minimum absolute atomic E-state index is 0.0229. The van der Waals surface area contributed by atoms with Crippen molar-refractivity contribution < 1.29 is 14.6 Å². The Morgan fingerprint density at radius 1 is 1.00 bits per heavy atom. The van der Waals surface area contributed by atoms with Crippen LogP contribution in [0, 0.1) is 0 Å². The minimum Gasteiger partial charge on any atom is -0.504 e. The second kappa shape index (κ2) is 4.87. The second-order valence-electron chi connectivity index (χ2n) is 3.79. The summed E-state index contributed by atoms with van der Waals surface area (Å²) in [6, 6.07) is 11.1. The van der Waals surface area contributed by atoms with Crippen molar-refractivity contribution in [2.45, 2.75) is 0 Å². The van der Waals surface area contributed by atoms with Crippen LogP contribution < -0.4 is 15.2 Å². The zero-order chi connectivity index (χ0) is 13.1. The van der Waals surface area contributed by atoms with E-state index < -0.39 is 0 Å². The molecule has 0 fully saturated rings. The number of nitrogens with two attached hydrogens (primary N) is 1. The van der Waals surface area contributed by atoms with E-state index in [1.54, 1.807) is 6.07 Å². The third-order valence-corrected chi connectivity index (χ3v) is 2.73. The van der Waals surface area contributed by atoms with E-state index in [-0.39, 0.29) is 11.5 Å². The monoisotopic (exact) mass is 245 g/mol. The molecule has 2 rings (SSSR count). The van der Waals surface area contributed by atoms with Crippen LogP contribution in [0.15, 0.2) is 36.4 Å². The first-order valence-electron chi connectivity index (χ1n) is 5.48. The first-order chi connectivity index (χ1) is 8.69. The highest BCUT2D eigenvalue weighted by atomic mass is 16.5. The Balaban J connectivity index is 2.67. The standard InChI is InChI=1S/C14H15NO3/c1-17-13-11(15)8-10(12(16)14(13)18-2)9-6-4-3-5-7-9/h3-8,16H,15H2,1-2H3. The largest absolute Gasteiger partial charge is 0.504 e. The third kappa shape index (κ3) is 1.93. The van der Waals surface area contributed by atoms with Crippen LogP contribution in [-0.4, -0.2) is 19.3 Å². The van der Waals surface area contributed by atoms with Crippen molar-refractivity contribution >= 4 is 5.69 Å². The van der Waals surface area contributed by atoms with Gasteiger partial charge in [0.15, 0.2) is 11.5 Å². The summed E-state index contributed by atoms with van der Waals surface area (Å²) < 4.78 is 10.3. The molecule has 0 atom stereocenters. The summed E-state index contributed by atoms with van der Waals surface area (Å²) in [5, 5.41) is 10.2. The quantitative estimate of drug-likeness (QED) is 0.644. The predicted octanol–water partition coefficient (Wildman–Crippen LogP) is 2.66. The van der Waals surface area contributed by atoms with Gasteiger partial charge in [-0.1, -0.05) is 30.3 Å². The van der Waals surface area contributed by atoms with Crippen LogP contribution >= 0.6 is 0 Å². The molecule has 3 N–H and O–H groups in total. The van der Waals surface area contributed by atoms with Crippen molar-refractivity contribution in [1.29, 1.82) is 0 Å². The van der Waals surface area contributed by atoms with Gasteiger partial charge in [0.05, 0.1) is 19.9 Å². The first-order valence-corrected chi connectivity index (χ1v) is 5.48. The van der Waals surface area contributed by atoms with E-state index in [9.17, 15) is 5.11 Å². The molecular formula is C14H15NO3. The second-order valence-corrected chi connectivity index (χ2v) is 3.79. The molecule has 0 saturated carbocycles. The van der Waals surface area contributed by atoms with Crippen LogP contribution in [-0.2, 0) is 0 Å². The fourth-order valence-electron chi connectivity index (χ4n) is 1.89. The molecule has 4 nitrogen and oxygen atoms in total. The number of phenols is 1. The molecule has 2 aromatic rings. The molecule has 94 valence electrons. The highest BCUT2D eigenvalue weighted by Crippen LogP contribution is 2.47. The van der Waals surface area contributed by atoms with Crippen LogP contribution in [0.3, 0.4) is 0 Å². The average molecular weight is 245 g/mol. The van der Waals surface area contributed by atoms with Gasteiger partial charge >= 0.3 is 0 Å². The number of anilines is 1. The van der Waals surface area contributed by atoms with E-state index in [4.69, 9.17) is 15.2 Å². The van der Waals surface area contributed by atoms with Crippen LogP contribution in [0.2, 0.25) is 0 Å². The molecule has 0 saturated heterocycles. The molecule has 0 aliphatic heterocycles. The van der Waals surface area contributed by atoms with E-state index >= 15 is 0 Å². The number of methoxy groups -OCH3 is 2. The SMILES string of the molecule is COc1c(N)cc(-c2ccccc2)c(O)c1OC. The zero-order valence-corrected chi connectivity index (χ0v) is 10.3. The van der Waals surface area contributed by atoms with Gasteiger partial charge in [-0.15, -0.1) is 0 Å². The Morgan fingerprint density at radius 3 is 2.17 bits per heavy atom. The number of ether oxygens (including phenoxy) is 2. The Hall–Kier alpha value is -2.36. The van der Waals surface area contributed by atoms with E-state index in [2.05, 4.69) is 0 Å². The topological polar surface area (TPSA) is 64.7 Å². The smallest absolute Gasteiger partial charge is 0.205 e. The number of hydrogen-bond donors (Lipinski definition) is 2. The van der Waals surface area contributed by atoms with E-state index in [1.807, 2.05) is 30.3 Å². The molecule has 4 heteroatoms. The number of nitrogen functional groups attached to an aromatic ring is 1. The van der Waals surface area contributed by atoms with Crippen molar-refractivity contribution in [2.75, 3.05) is 20.0 Å². The first kappa shape index (κ1) is 12.1. The number of aromatic hydroxyl groups is 1. The maximum atomic E-state index is 10.2. The van der Waals surface area contributed by atoms with Gasteiger partial charge < -0.3 is 20.3 Å². The summed E-state index contributed by atoms with van der Waals surface area (Å²) in [6.45, 7) is 0. The van der Waals surface area contributed by atoms with Crippen LogP contribution in [0.5, 0.6) is 17.2 Å². The van der Waals surface area contributed by atoms with Crippen molar-refractivity contribution in [3.63, 3.8) is 0 Å². The number of rotatable bonds is 3. The van der Waals surface area contributed by atoms with E-state index in [0.29, 0.717) is 17.0 Å². The fourth-order valence-corrected chi connectivity index (χ4v) is 1.89. The summed E-state index contributed by atoms with van der Waals surface area (Å²) in [5.41, 5.74) is 7.80. The summed E-state index contributed by atoms with van der Waals surface area (Å²) in [6.07, 6.45) is 0. The molecule has 0 spiro atoms. The number of hydrogen-bond acceptors (Lipinski definition) is 4. The summed E-state index contributed by atoms with van der Waals surface area (Å²) in [7, 11) is 2.95. The van der Waals surface area contributed by atoms with Gasteiger partial charge in [0.25, 0.3) is 0 Å². The lowest BCUT2D eigenvalue weighted by Crippen LogP contribution is -1.98. The molecular weight excluding hydrogens is 230 g/mol. The average Bonchev–Trinajstić information content (AvgIpc) is 2.41. The number of phenolic OH excluding ortho intramolecular Hbond substituents is 1. The van der Waals surface area contributed by atoms with Crippen molar-refractivity contribution in [1.82, 2.24) is 0 Å². The van der Waals surface area contributed by atoms with Gasteiger partial charge in [-0.3, -0.25) is 0 Å². The lowest BCUT2D eigenvalue weighted by Gasteiger charge is -2.15. The molecule has 0 heterocycles. The highest BCUT2D eigenvalue weighted by Gasteiger charge is 2.18. The maximum Gasteiger partial charge on any atom is 0.205 e. The fraction of sp³-hybridized carbons (Fsp3) is 0.143. The van der Waals surface area contributed by atoms with Gasteiger partial charge in [0, 0.05) is 5.56 Å².